The average Bonchev–Trinajstić information content (AvgIpc) is 2.96. The molecule has 0 atom stereocenters. The van der Waals surface area contributed by atoms with Crippen LogP contribution in [0.5, 0.6) is 11.5 Å². The zero-order valence-corrected chi connectivity index (χ0v) is 17.2. The third-order valence-electron chi connectivity index (χ3n) is 4.60. The Hall–Kier alpha value is -2.57. The highest BCUT2D eigenvalue weighted by Crippen LogP contribution is 2.38. The van der Waals surface area contributed by atoms with Gasteiger partial charge in [0, 0.05) is 5.56 Å². The summed E-state index contributed by atoms with van der Waals surface area (Å²) in [6.07, 6.45) is 3.89. The number of para-hydroxylation sites is 1. The first-order valence-corrected chi connectivity index (χ1v) is 10.1. The van der Waals surface area contributed by atoms with Crippen molar-refractivity contribution in [3.05, 3.63) is 75.7 Å². The summed E-state index contributed by atoms with van der Waals surface area (Å²) in [5.74, 6) is 1.37. The summed E-state index contributed by atoms with van der Waals surface area (Å²) in [6.45, 7) is 2.91. The molecule has 0 aliphatic carbocycles. The molecular formula is C22H19NO3S2. The van der Waals surface area contributed by atoms with E-state index in [2.05, 4.69) is 0 Å². The fraction of sp³-hybridized carbons (Fsp3) is 0.182. The van der Waals surface area contributed by atoms with Crippen LogP contribution in [0.1, 0.15) is 16.7 Å². The molecule has 0 spiro atoms. The molecule has 2 heterocycles. The van der Waals surface area contributed by atoms with Gasteiger partial charge in [0.2, 0.25) is 0 Å². The van der Waals surface area contributed by atoms with Crippen molar-refractivity contribution in [2.24, 2.45) is 0 Å². The van der Waals surface area contributed by atoms with Gasteiger partial charge in [0.05, 0.1) is 18.6 Å². The molecule has 2 aromatic carbocycles. The van der Waals surface area contributed by atoms with Gasteiger partial charge in [-0.05, 0) is 36.3 Å². The zero-order chi connectivity index (χ0) is 19.7. The topological polar surface area (TPSA) is 38.8 Å². The minimum Gasteiger partial charge on any atom is -0.493 e. The van der Waals surface area contributed by atoms with E-state index in [1.165, 1.54) is 17.3 Å². The van der Waals surface area contributed by atoms with E-state index in [1.807, 2.05) is 61.5 Å². The lowest BCUT2D eigenvalue weighted by molar-refractivity contribution is -0.122. The van der Waals surface area contributed by atoms with E-state index in [0.717, 1.165) is 22.4 Å². The van der Waals surface area contributed by atoms with Crippen LogP contribution in [-0.4, -0.2) is 28.8 Å². The normalized spacial score (nSPS) is 17.4. The van der Waals surface area contributed by atoms with Crippen LogP contribution in [-0.2, 0) is 11.3 Å². The number of thiocarbonyl (C=S) groups is 1. The molecule has 4 rings (SSSR count). The Morgan fingerprint density at radius 3 is 2.79 bits per heavy atom. The Morgan fingerprint density at radius 1 is 1.25 bits per heavy atom. The van der Waals surface area contributed by atoms with Gasteiger partial charge in [0.25, 0.3) is 5.91 Å². The van der Waals surface area contributed by atoms with Crippen LogP contribution >= 0.6 is 24.0 Å². The fourth-order valence-corrected chi connectivity index (χ4v) is 4.39. The van der Waals surface area contributed by atoms with Crippen LogP contribution in [0.15, 0.2) is 59.0 Å². The number of methoxy groups -OCH3 is 1. The minimum atomic E-state index is -0.0621. The SMILES string of the molecule is COc1cccc2c1OCC(C=C1SC(=S)N(Cc3ccc(C)cc3)C1=O)=C2. The van der Waals surface area contributed by atoms with Crippen molar-refractivity contribution in [2.45, 2.75) is 13.5 Å². The first-order chi connectivity index (χ1) is 13.5. The van der Waals surface area contributed by atoms with Crippen molar-refractivity contribution in [1.82, 2.24) is 4.90 Å². The summed E-state index contributed by atoms with van der Waals surface area (Å²) >= 11 is 6.78. The molecule has 0 radical (unpaired) electrons. The molecule has 0 N–H and O–H groups in total. The number of hydrogen-bond acceptors (Lipinski definition) is 5. The molecule has 2 aliphatic heterocycles. The maximum absolute atomic E-state index is 12.9. The van der Waals surface area contributed by atoms with E-state index >= 15 is 0 Å². The molecule has 0 unspecified atom stereocenters. The summed E-state index contributed by atoms with van der Waals surface area (Å²) < 4.78 is 11.8. The lowest BCUT2D eigenvalue weighted by Gasteiger charge is -2.18. The quantitative estimate of drug-likeness (QED) is 0.539. The van der Waals surface area contributed by atoms with Gasteiger partial charge in [-0.25, -0.2) is 0 Å². The summed E-state index contributed by atoms with van der Waals surface area (Å²) in [5, 5.41) is 0. The molecule has 1 fully saturated rings. The number of thioether (sulfide) groups is 1. The number of amides is 1. The number of fused-ring (bicyclic) bond motifs is 1. The first kappa shape index (κ1) is 18.8. The van der Waals surface area contributed by atoms with Crippen molar-refractivity contribution in [3.63, 3.8) is 0 Å². The van der Waals surface area contributed by atoms with E-state index in [4.69, 9.17) is 21.7 Å². The molecule has 1 amide bonds. The van der Waals surface area contributed by atoms with Crippen LogP contribution in [0.4, 0.5) is 0 Å². The number of ether oxygens (including phenoxy) is 2. The highest BCUT2D eigenvalue weighted by Gasteiger charge is 2.32. The van der Waals surface area contributed by atoms with Gasteiger partial charge in [0.1, 0.15) is 10.9 Å². The van der Waals surface area contributed by atoms with Crippen LogP contribution < -0.4 is 9.47 Å². The number of hydrogen-bond donors (Lipinski definition) is 0. The minimum absolute atomic E-state index is 0.0621. The second-order valence-electron chi connectivity index (χ2n) is 6.64. The fourth-order valence-electron chi connectivity index (χ4n) is 3.12. The largest absolute Gasteiger partial charge is 0.493 e. The Labute approximate surface area is 173 Å². The predicted octanol–water partition coefficient (Wildman–Crippen LogP) is 4.72. The molecule has 4 nitrogen and oxygen atoms in total. The van der Waals surface area contributed by atoms with E-state index < -0.39 is 0 Å². The van der Waals surface area contributed by atoms with Crippen molar-refractivity contribution in [2.75, 3.05) is 13.7 Å². The summed E-state index contributed by atoms with van der Waals surface area (Å²) in [4.78, 5) is 15.1. The number of rotatable bonds is 4. The molecule has 0 aromatic heterocycles. The number of carbonyl (C=O) groups is 1. The Morgan fingerprint density at radius 2 is 2.04 bits per heavy atom. The number of aryl methyl sites for hydroxylation is 1. The molecule has 28 heavy (non-hydrogen) atoms. The van der Waals surface area contributed by atoms with Gasteiger partial charge in [-0.1, -0.05) is 65.9 Å². The third kappa shape index (κ3) is 3.70. The van der Waals surface area contributed by atoms with Gasteiger partial charge < -0.3 is 9.47 Å². The maximum Gasteiger partial charge on any atom is 0.266 e. The van der Waals surface area contributed by atoms with E-state index in [-0.39, 0.29) is 5.91 Å². The maximum atomic E-state index is 12.9. The van der Waals surface area contributed by atoms with Crippen LogP contribution in [0.3, 0.4) is 0 Å². The molecule has 2 aliphatic rings. The lowest BCUT2D eigenvalue weighted by atomic mass is 10.1. The van der Waals surface area contributed by atoms with Crippen molar-refractivity contribution < 1.29 is 14.3 Å². The van der Waals surface area contributed by atoms with Gasteiger partial charge in [0.15, 0.2) is 11.5 Å². The highest BCUT2D eigenvalue weighted by atomic mass is 32.2. The highest BCUT2D eigenvalue weighted by molar-refractivity contribution is 8.26. The third-order valence-corrected chi connectivity index (χ3v) is 5.98. The first-order valence-electron chi connectivity index (χ1n) is 8.86. The molecular weight excluding hydrogens is 390 g/mol. The van der Waals surface area contributed by atoms with Crippen LogP contribution in [0, 0.1) is 6.92 Å². The van der Waals surface area contributed by atoms with E-state index in [1.54, 1.807) is 12.0 Å². The Balaban J connectivity index is 1.55. The number of nitrogens with zero attached hydrogens (tertiary/aromatic N) is 1. The Bertz CT molecular complexity index is 1010. The molecule has 6 heteroatoms. The van der Waals surface area contributed by atoms with E-state index in [0.29, 0.717) is 28.1 Å². The van der Waals surface area contributed by atoms with Gasteiger partial charge in [-0.2, -0.15) is 0 Å². The van der Waals surface area contributed by atoms with Crippen molar-refractivity contribution in [1.29, 1.82) is 0 Å². The standard InChI is InChI=1S/C22H19NO3S2/c1-14-6-8-15(9-7-14)12-23-21(24)19(28-22(23)27)11-16-10-17-4-3-5-18(25-2)20(17)26-13-16/h3-11H,12-13H2,1-2H3. The molecule has 142 valence electrons. The van der Waals surface area contributed by atoms with Crippen LogP contribution in [0.25, 0.3) is 6.08 Å². The summed E-state index contributed by atoms with van der Waals surface area (Å²) in [5.41, 5.74) is 4.11. The number of carbonyl (C=O) groups excluding carboxylic acids is 1. The van der Waals surface area contributed by atoms with Crippen molar-refractivity contribution in [3.8, 4) is 11.5 Å². The molecule has 0 bridgehead atoms. The van der Waals surface area contributed by atoms with Crippen LogP contribution in [0.2, 0.25) is 0 Å². The molecule has 2 aromatic rings. The smallest absolute Gasteiger partial charge is 0.266 e. The second-order valence-corrected chi connectivity index (χ2v) is 8.32. The predicted molar refractivity (Wildman–Crippen MR) is 116 cm³/mol. The average molecular weight is 410 g/mol. The van der Waals surface area contributed by atoms with Gasteiger partial charge in [-0.3, -0.25) is 9.69 Å². The molecule has 1 saturated heterocycles. The number of benzene rings is 2. The lowest BCUT2D eigenvalue weighted by Crippen LogP contribution is -2.27. The van der Waals surface area contributed by atoms with Crippen molar-refractivity contribution >= 4 is 40.3 Å². The summed E-state index contributed by atoms with van der Waals surface area (Å²) in [6, 6.07) is 13.9. The zero-order valence-electron chi connectivity index (χ0n) is 15.6. The second kappa shape index (κ2) is 7.81. The Kier molecular flexibility index (Phi) is 5.24. The van der Waals surface area contributed by atoms with Gasteiger partial charge >= 0.3 is 0 Å². The van der Waals surface area contributed by atoms with Gasteiger partial charge in [-0.15, -0.1) is 0 Å². The van der Waals surface area contributed by atoms with E-state index in [9.17, 15) is 4.79 Å². The summed E-state index contributed by atoms with van der Waals surface area (Å²) in [7, 11) is 1.62. The monoisotopic (exact) mass is 409 g/mol. The molecule has 0 saturated carbocycles.